The summed E-state index contributed by atoms with van der Waals surface area (Å²) in [7, 11) is -4.00. The Kier molecular flexibility index (Phi) is 6.07. The van der Waals surface area contributed by atoms with Crippen LogP contribution in [0.2, 0.25) is 5.02 Å². The number of rotatable bonds is 5. The van der Waals surface area contributed by atoms with Crippen LogP contribution in [0.25, 0.3) is 0 Å². The number of carbonyl (C=O) groups is 1. The minimum atomic E-state index is -4.00. The van der Waals surface area contributed by atoms with Crippen LogP contribution < -0.4 is 10.0 Å². The molecule has 2 rings (SSSR count). The number of nitrogens with one attached hydrogen (secondary N) is 2. The Balaban J connectivity index is 2.35. The van der Waals surface area contributed by atoms with Crippen molar-refractivity contribution in [2.45, 2.75) is 31.2 Å². The Morgan fingerprint density at radius 1 is 1.18 bits per heavy atom. The largest absolute Gasteiger partial charge is 0.322 e. The molecule has 0 atom stereocenters. The molecule has 1 amide bonds. The third kappa shape index (κ3) is 5.24. The molecular formula is C17H17ClFN3O5S. The van der Waals surface area contributed by atoms with E-state index in [1.54, 1.807) is 20.8 Å². The zero-order chi connectivity index (χ0) is 21.3. The number of amides is 1. The van der Waals surface area contributed by atoms with E-state index in [2.05, 4.69) is 10.0 Å². The molecule has 28 heavy (non-hydrogen) atoms. The standard InChI is InChI=1S/C17H17ClFN3O5S/c1-17(2,3)21-28(26,27)15-8-10(4-6-12(15)18)16(23)20-11-5-7-13(19)14(9-11)22(24)25/h4-9,21H,1-3H3,(H,20,23). The number of hydrogen-bond acceptors (Lipinski definition) is 5. The Morgan fingerprint density at radius 2 is 1.82 bits per heavy atom. The lowest BCUT2D eigenvalue weighted by Crippen LogP contribution is -2.40. The van der Waals surface area contributed by atoms with E-state index in [9.17, 15) is 27.7 Å². The molecule has 11 heteroatoms. The van der Waals surface area contributed by atoms with Crippen molar-refractivity contribution in [3.8, 4) is 0 Å². The van der Waals surface area contributed by atoms with Crippen LogP contribution in [0.15, 0.2) is 41.3 Å². The van der Waals surface area contributed by atoms with Crippen LogP contribution in [-0.2, 0) is 10.0 Å². The number of anilines is 1. The number of halogens is 2. The molecule has 0 aliphatic carbocycles. The number of sulfonamides is 1. The quantitative estimate of drug-likeness (QED) is 0.554. The predicted molar refractivity (Wildman–Crippen MR) is 103 cm³/mol. The maximum absolute atomic E-state index is 13.4. The van der Waals surface area contributed by atoms with Crippen molar-refractivity contribution in [2.24, 2.45) is 0 Å². The highest BCUT2D eigenvalue weighted by Crippen LogP contribution is 2.26. The summed E-state index contributed by atoms with van der Waals surface area (Å²) < 4.78 is 40.9. The summed E-state index contributed by atoms with van der Waals surface area (Å²) in [5.74, 6) is -1.79. The molecule has 0 bridgehead atoms. The van der Waals surface area contributed by atoms with E-state index < -0.39 is 37.9 Å². The summed E-state index contributed by atoms with van der Waals surface area (Å²) in [5, 5.41) is 13.1. The highest BCUT2D eigenvalue weighted by molar-refractivity contribution is 7.89. The van der Waals surface area contributed by atoms with Crippen LogP contribution in [0, 0.1) is 15.9 Å². The monoisotopic (exact) mass is 429 g/mol. The van der Waals surface area contributed by atoms with E-state index in [4.69, 9.17) is 11.6 Å². The lowest BCUT2D eigenvalue weighted by atomic mass is 10.1. The maximum Gasteiger partial charge on any atom is 0.306 e. The molecule has 0 aromatic heterocycles. The molecule has 0 saturated carbocycles. The molecule has 0 aliphatic heterocycles. The van der Waals surface area contributed by atoms with Crippen LogP contribution in [0.3, 0.4) is 0 Å². The summed E-state index contributed by atoms with van der Waals surface area (Å²) >= 11 is 5.98. The molecule has 0 saturated heterocycles. The number of nitrogens with zero attached hydrogens (tertiary/aromatic N) is 1. The maximum atomic E-state index is 13.4. The van der Waals surface area contributed by atoms with E-state index in [0.29, 0.717) is 0 Å². The Bertz CT molecular complexity index is 1050. The fourth-order valence-electron chi connectivity index (χ4n) is 2.24. The van der Waals surface area contributed by atoms with E-state index in [1.807, 2.05) is 0 Å². The van der Waals surface area contributed by atoms with Gasteiger partial charge in [0.15, 0.2) is 0 Å². The number of carbonyl (C=O) groups excluding carboxylic acids is 1. The highest BCUT2D eigenvalue weighted by Gasteiger charge is 2.25. The van der Waals surface area contributed by atoms with Gasteiger partial charge in [-0.2, -0.15) is 4.39 Å². The average molecular weight is 430 g/mol. The number of nitro benzene ring substituents is 1. The smallest absolute Gasteiger partial charge is 0.306 e. The number of nitro groups is 1. The van der Waals surface area contributed by atoms with E-state index in [-0.39, 0.29) is 21.2 Å². The van der Waals surface area contributed by atoms with E-state index in [1.165, 1.54) is 12.1 Å². The van der Waals surface area contributed by atoms with Gasteiger partial charge in [-0.05, 0) is 51.1 Å². The van der Waals surface area contributed by atoms with Crippen molar-refractivity contribution < 1.29 is 22.5 Å². The summed E-state index contributed by atoms with van der Waals surface area (Å²) in [6, 6.07) is 6.49. The summed E-state index contributed by atoms with van der Waals surface area (Å²) in [6.45, 7) is 4.95. The molecule has 150 valence electrons. The fraction of sp³-hybridized carbons (Fsp3) is 0.235. The van der Waals surface area contributed by atoms with Gasteiger partial charge in [0.25, 0.3) is 5.91 Å². The van der Waals surface area contributed by atoms with Gasteiger partial charge < -0.3 is 5.32 Å². The third-order valence-corrected chi connectivity index (χ3v) is 5.56. The molecular weight excluding hydrogens is 413 g/mol. The first-order valence-electron chi connectivity index (χ1n) is 7.89. The summed E-state index contributed by atoms with van der Waals surface area (Å²) in [4.78, 5) is 22.0. The van der Waals surface area contributed by atoms with Crippen LogP contribution in [0.1, 0.15) is 31.1 Å². The number of hydrogen-bond donors (Lipinski definition) is 2. The zero-order valence-corrected chi connectivity index (χ0v) is 16.7. The molecule has 2 aromatic rings. The van der Waals surface area contributed by atoms with Gasteiger partial charge in [0, 0.05) is 22.9 Å². The predicted octanol–water partition coefficient (Wildman–Crippen LogP) is 3.72. The average Bonchev–Trinajstić information content (AvgIpc) is 2.54. The van der Waals surface area contributed by atoms with Crippen LogP contribution in [0.5, 0.6) is 0 Å². The van der Waals surface area contributed by atoms with Gasteiger partial charge in [-0.15, -0.1) is 0 Å². The first kappa shape index (κ1) is 21.7. The van der Waals surface area contributed by atoms with E-state index >= 15 is 0 Å². The Hall–Kier alpha value is -2.56. The lowest BCUT2D eigenvalue weighted by Gasteiger charge is -2.21. The Morgan fingerprint density at radius 3 is 2.39 bits per heavy atom. The second kappa shape index (κ2) is 7.82. The first-order valence-corrected chi connectivity index (χ1v) is 9.75. The first-order chi connectivity index (χ1) is 12.8. The van der Waals surface area contributed by atoms with Crippen LogP contribution >= 0.6 is 11.6 Å². The van der Waals surface area contributed by atoms with Gasteiger partial charge >= 0.3 is 5.69 Å². The highest BCUT2D eigenvalue weighted by atomic mass is 35.5. The molecule has 0 heterocycles. The zero-order valence-electron chi connectivity index (χ0n) is 15.1. The molecule has 0 fully saturated rings. The molecule has 0 spiro atoms. The van der Waals surface area contributed by atoms with E-state index in [0.717, 1.165) is 24.3 Å². The van der Waals surface area contributed by atoms with Crippen molar-refractivity contribution in [3.63, 3.8) is 0 Å². The van der Waals surface area contributed by atoms with Crippen molar-refractivity contribution in [1.82, 2.24) is 4.72 Å². The third-order valence-electron chi connectivity index (χ3n) is 3.32. The van der Waals surface area contributed by atoms with Crippen molar-refractivity contribution in [2.75, 3.05) is 5.32 Å². The second-order valence-corrected chi connectivity index (χ2v) is 8.94. The topological polar surface area (TPSA) is 118 Å². The molecule has 0 radical (unpaired) electrons. The summed E-state index contributed by atoms with van der Waals surface area (Å²) in [6.07, 6.45) is 0. The Labute approximate surface area is 165 Å². The van der Waals surface area contributed by atoms with Gasteiger partial charge in [0.2, 0.25) is 15.8 Å². The molecule has 2 aromatic carbocycles. The molecule has 2 N–H and O–H groups in total. The van der Waals surface area contributed by atoms with Crippen LogP contribution in [0.4, 0.5) is 15.8 Å². The second-order valence-electron chi connectivity index (χ2n) is 6.88. The van der Waals surface area contributed by atoms with Crippen molar-refractivity contribution in [3.05, 3.63) is 62.9 Å². The van der Waals surface area contributed by atoms with Gasteiger partial charge in [0.05, 0.1) is 9.95 Å². The summed E-state index contributed by atoms with van der Waals surface area (Å²) in [5.41, 5.74) is -1.64. The van der Waals surface area contributed by atoms with Crippen molar-refractivity contribution >= 4 is 38.9 Å². The fourth-order valence-corrected chi connectivity index (χ4v) is 4.19. The normalized spacial score (nSPS) is 11.9. The van der Waals surface area contributed by atoms with Crippen LogP contribution in [-0.4, -0.2) is 24.8 Å². The molecule has 0 aliphatic rings. The minimum absolute atomic E-state index is 0.0229. The van der Waals surface area contributed by atoms with Gasteiger partial charge in [-0.3, -0.25) is 14.9 Å². The van der Waals surface area contributed by atoms with Crippen molar-refractivity contribution in [1.29, 1.82) is 0 Å². The lowest BCUT2D eigenvalue weighted by molar-refractivity contribution is -0.387. The number of benzene rings is 2. The SMILES string of the molecule is CC(C)(C)NS(=O)(=O)c1cc(C(=O)Nc2ccc(F)c([N+](=O)[O-])c2)ccc1Cl. The molecule has 0 unspecified atom stereocenters. The van der Waals surface area contributed by atoms with Gasteiger partial charge in [-0.25, -0.2) is 13.1 Å². The minimum Gasteiger partial charge on any atom is -0.322 e. The molecule has 8 nitrogen and oxygen atoms in total. The van der Waals surface area contributed by atoms with Gasteiger partial charge in [0.1, 0.15) is 4.90 Å². The van der Waals surface area contributed by atoms with Gasteiger partial charge in [-0.1, -0.05) is 11.6 Å².